The summed E-state index contributed by atoms with van der Waals surface area (Å²) in [5.41, 5.74) is 6.62. The number of alkyl carbamates (subject to hydrolysis) is 1. The molecule has 1 aromatic carbocycles. The van der Waals surface area contributed by atoms with E-state index in [0.29, 0.717) is 37.4 Å². The van der Waals surface area contributed by atoms with Gasteiger partial charge in [0.1, 0.15) is 29.4 Å². The van der Waals surface area contributed by atoms with Crippen molar-refractivity contribution < 1.29 is 19.1 Å². The molecule has 5 rings (SSSR count). The number of benzene rings is 1. The zero-order chi connectivity index (χ0) is 33.6. The maximum absolute atomic E-state index is 13.8. The second-order valence-corrected chi connectivity index (χ2v) is 14.2. The highest BCUT2D eigenvalue weighted by Gasteiger charge is 2.39. The Hall–Kier alpha value is -3.90. The van der Waals surface area contributed by atoms with Crippen molar-refractivity contribution >= 4 is 46.4 Å². The van der Waals surface area contributed by atoms with Crippen molar-refractivity contribution in [2.75, 3.05) is 24.5 Å². The zero-order valence-electron chi connectivity index (χ0n) is 27.5. The fourth-order valence-electron chi connectivity index (χ4n) is 6.52. The summed E-state index contributed by atoms with van der Waals surface area (Å²) < 4.78 is 5.47. The summed E-state index contributed by atoms with van der Waals surface area (Å²) in [6.07, 6.45) is 8.94. The monoisotopic (exact) mass is 666 g/mol. The number of amides is 3. The topological polar surface area (TPSA) is 167 Å². The van der Waals surface area contributed by atoms with E-state index in [1.165, 1.54) is 6.33 Å². The van der Waals surface area contributed by atoms with E-state index < -0.39 is 29.3 Å². The molecule has 2 fully saturated rings. The van der Waals surface area contributed by atoms with Gasteiger partial charge in [0, 0.05) is 30.9 Å². The van der Waals surface area contributed by atoms with Crippen molar-refractivity contribution in [3.05, 3.63) is 53.4 Å². The van der Waals surface area contributed by atoms with Gasteiger partial charge in [0.15, 0.2) is 0 Å². The van der Waals surface area contributed by atoms with E-state index >= 15 is 0 Å². The first-order valence-electron chi connectivity index (χ1n) is 16.6. The number of nitrogens with one attached hydrogen (secondary N) is 4. The number of hydrogen-bond donors (Lipinski definition) is 5. The molecule has 3 aromatic rings. The number of piperidine rings is 1. The number of rotatable bonds is 10. The molecule has 254 valence electrons. The van der Waals surface area contributed by atoms with E-state index in [2.05, 4.69) is 35.8 Å². The van der Waals surface area contributed by atoms with Crippen LogP contribution >= 0.6 is 11.6 Å². The summed E-state index contributed by atoms with van der Waals surface area (Å²) in [6.45, 7) is 6.78. The molecule has 0 radical (unpaired) electrons. The molecule has 12 nitrogen and oxygen atoms in total. The van der Waals surface area contributed by atoms with Gasteiger partial charge in [-0.15, -0.1) is 0 Å². The molecule has 1 saturated carbocycles. The summed E-state index contributed by atoms with van der Waals surface area (Å²) in [7, 11) is 0. The molecule has 3 amide bonds. The van der Waals surface area contributed by atoms with Crippen molar-refractivity contribution in [3.8, 4) is 0 Å². The number of ether oxygens (including phenoxy) is 1. The number of carbonyl (C=O) groups excluding carboxylic acids is 3. The number of carbonyl (C=O) groups is 3. The van der Waals surface area contributed by atoms with Gasteiger partial charge in [0.05, 0.1) is 17.0 Å². The van der Waals surface area contributed by atoms with Crippen LogP contribution in [0.25, 0.3) is 11.0 Å². The number of hydrogen-bond acceptors (Lipinski definition) is 8. The number of fused-ring (bicyclic) bond motifs is 1. The Morgan fingerprint density at radius 1 is 1.06 bits per heavy atom. The molecule has 0 unspecified atom stereocenters. The summed E-state index contributed by atoms with van der Waals surface area (Å²) in [4.78, 5) is 54.0. The van der Waals surface area contributed by atoms with Crippen LogP contribution in [0, 0.1) is 5.92 Å². The fraction of sp³-hybridized carbons (Fsp3) is 0.559. The maximum Gasteiger partial charge on any atom is 0.408 e. The Balaban J connectivity index is 1.22. The molecule has 6 N–H and O–H groups in total. The number of aromatic nitrogens is 3. The van der Waals surface area contributed by atoms with Crippen molar-refractivity contribution in [2.24, 2.45) is 11.7 Å². The predicted molar refractivity (Wildman–Crippen MR) is 182 cm³/mol. The average molecular weight is 667 g/mol. The quantitative estimate of drug-likeness (QED) is 0.207. The lowest BCUT2D eigenvalue weighted by Gasteiger charge is -2.39. The van der Waals surface area contributed by atoms with E-state index in [1.807, 2.05) is 24.4 Å². The molecule has 13 heteroatoms. The maximum atomic E-state index is 13.8. The molecule has 3 heterocycles. The number of halogens is 1. The van der Waals surface area contributed by atoms with Crippen LogP contribution in [0.1, 0.15) is 83.7 Å². The second-order valence-electron chi connectivity index (χ2n) is 13.8. The minimum atomic E-state index is -1.07. The Morgan fingerprint density at radius 3 is 2.45 bits per heavy atom. The normalized spacial score (nSPS) is 18.3. The van der Waals surface area contributed by atoms with Crippen LogP contribution < -0.4 is 26.6 Å². The average Bonchev–Trinajstić information content (AvgIpc) is 3.53. The van der Waals surface area contributed by atoms with E-state index in [4.69, 9.17) is 22.1 Å². The molecule has 0 spiro atoms. The molecule has 2 aliphatic rings. The number of aromatic amines is 1. The van der Waals surface area contributed by atoms with Gasteiger partial charge < -0.3 is 36.3 Å². The predicted octanol–water partition coefficient (Wildman–Crippen LogP) is 4.75. The zero-order valence-corrected chi connectivity index (χ0v) is 28.2. The Bertz CT molecular complexity index is 1520. The number of anilines is 1. The van der Waals surface area contributed by atoms with Gasteiger partial charge in [-0.25, -0.2) is 14.8 Å². The van der Waals surface area contributed by atoms with E-state index in [9.17, 15) is 14.4 Å². The first-order chi connectivity index (χ1) is 22.4. The highest BCUT2D eigenvalue weighted by atomic mass is 35.5. The van der Waals surface area contributed by atoms with Gasteiger partial charge in [-0.3, -0.25) is 9.59 Å². The number of nitrogens with zero attached hydrogens (tertiary/aromatic N) is 3. The number of H-pyrrole nitrogens is 1. The summed E-state index contributed by atoms with van der Waals surface area (Å²) in [5.74, 6) is 0.348. The smallest absolute Gasteiger partial charge is 0.408 e. The molecule has 1 aliphatic heterocycles. The first kappa shape index (κ1) is 34.4. The van der Waals surface area contributed by atoms with Crippen molar-refractivity contribution in [1.82, 2.24) is 30.9 Å². The standard InChI is InChI=1S/C34H47ClN8O4/c1-33(2,3)47-32(46)42-27(23-7-5-4-6-8-23)30(44)38-18-14-26(22-9-11-24(35)12-10-22)41-31(45)34(36)15-19-43(20-16-34)29-25-13-17-37-28(25)39-21-40-29/h9-13,17,21,23,26-27H,4-8,14-16,18-20,36H2,1-3H3,(H,38,44)(H,41,45)(H,42,46)(H,37,39,40)/t26-,27+/m0/s1. The van der Waals surface area contributed by atoms with Crippen LogP contribution in [0.2, 0.25) is 5.02 Å². The van der Waals surface area contributed by atoms with Gasteiger partial charge in [0.2, 0.25) is 11.8 Å². The molecule has 47 heavy (non-hydrogen) atoms. The largest absolute Gasteiger partial charge is 0.444 e. The highest BCUT2D eigenvalue weighted by molar-refractivity contribution is 6.30. The lowest BCUT2D eigenvalue weighted by Crippen LogP contribution is -2.60. The van der Waals surface area contributed by atoms with E-state index in [1.54, 1.807) is 32.9 Å². The van der Waals surface area contributed by atoms with Crippen molar-refractivity contribution in [2.45, 2.75) is 95.4 Å². The lowest BCUT2D eigenvalue weighted by atomic mass is 9.83. The molecule has 1 aliphatic carbocycles. The van der Waals surface area contributed by atoms with E-state index in [-0.39, 0.29) is 24.3 Å². The highest BCUT2D eigenvalue weighted by Crippen LogP contribution is 2.30. The van der Waals surface area contributed by atoms with Crippen LogP contribution in [-0.4, -0.2) is 69.7 Å². The molecule has 2 atom stereocenters. The van der Waals surface area contributed by atoms with Crippen molar-refractivity contribution in [3.63, 3.8) is 0 Å². The van der Waals surface area contributed by atoms with Gasteiger partial charge >= 0.3 is 6.09 Å². The van der Waals surface area contributed by atoms with Gasteiger partial charge in [0.25, 0.3) is 0 Å². The molecular formula is C34H47ClN8O4. The minimum Gasteiger partial charge on any atom is -0.444 e. The first-order valence-corrected chi connectivity index (χ1v) is 17.0. The molecule has 2 aromatic heterocycles. The lowest BCUT2D eigenvalue weighted by molar-refractivity contribution is -0.128. The summed E-state index contributed by atoms with van der Waals surface area (Å²) in [6, 6.07) is 8.11. The van der Waals surface area contributed by atoms with Gasteiger partial charge in [-0.1, -0.05) is 43.0 Å². The van der Waals surface area contributed by atoms with Crippen LogP contribution in [0.15, 0.2) is 42.9 Å². The molecule has 1 saturated heterocycles. The number of nitrogens with two attached hydrogens (primary N) is 1. The van der Waals surface area contributed by atoms with Crippen LogP contribution in [0.5, 0.6) is 0 Å². The third-order valence-corrected chi connectivity index (χ3v) is 9.38. The minimum absolute atomic E-state index is 0.0293. The Morgan fingerprint density at radius 2 is 1.77 bits per heavy atom. The van der Waals surface area contributed by atoms with Crippen molar-refractivity contribution in [1.29, 1.82) is 0 Å². The van der Waals surface area contributed by atoms with Crippen LogP contribution in [0.3, 0.4) is 0 Å². The Labute approximate surface area is 280 Å². The van der Waals surface area contributed by atoms with Gasteiger partial charge in [-0.2, -0.15) is 0 Å². The van der Waals surface area contributed by atoms with Gasteiger partial charge in [-0.05, 0) is 82.6 Å². The SMILES string of the molecule is CC(C)(C)OC(=O)N[C@@H](C(=O)NCC[C@H](NC(=O)C1(N)CCN(c2ncnc3[nH]ccc23)CC1)c1ccc(Cl)cc1)C1CCCCC1. The Kier molecular flexibility index (Phi) is 10.9. The second kappa shape index (κ2) is 14.9. The van der Waals surface area contributed by atoms with Crippen LogP contribution in [-0.2, 0) is 14.3 Å². The summed E-state index contributed by atoms with van der Waals surface area (Å²) >= 11 is 6.17. The van der Waals surface area contributed by atoms with E-state index in [0.717, 1.165) is 54.5 Å². The third kappa shape index (κ3) is 8.92. The molecular weight excluding hydrogens is 620 g/mol. The molecule has 0 bridgehead atoms. The summed E-state index contributed by atoms with van der Waals surface area (Å²) in [5, 5.41) is 10.5. The van der Waals surface area contributed by atoms with Crippen LogP contribution in [0.4, 0.5) is 10.6 Å². The third-order valence-electron chi connectivity index (χ3n) is 9.13. The fourth-order valence-corrected chi connectivity index (χ4v) is 6.65.